The Hall–Kier alpha value is -4.27. The zero-order valence-electron chi connectivity index (χ0n) is 21.0. The van der Waals surface area contributed by atoms with Gasteiger partial charge >= 0.3 is 11.8 Å². The molecule has 0 unspecified atom stereocenters. The van der Waals surface area contributed by atoms with Crippen LogP contribution < -0.4 is 19.8 Å². The van der Waals surface area contributed by atoms with Crippen LogP contribution in [0.15, 0.2) is 59.7 Å². The summed E-state index contributed by atoms with van der Waals surface area (Å²) in [4.78, 5) is 28.8. The highest BCUT2D eigenvalue weighted by atomic mass is 16.5. The fraction of sp³-hybridized carbons (Fsp3) is 0.296. The molecule has 2 aromatic carbocycles. The van der Waals surface area contributed by atoms with Gasteiger partial charge in [-0.2, -0.15) is 5.10 Å². The number of para-hydroxylation sites is 2. The third-order valence-corrected chi connectivity index (χ3v) is 6.36. The van der Waals surface area contributed by atoms with Crippen LogP contribution in [0, 0.1) is 13.8 Å². The molecule has 36 heavy (non-hydrogen) atoms. The lowest BCUT2D eigenvalue weighted by Gasteiger charge is -2.36. The second kappa shape index (κ2) is 11.0. The van der Waals surface area contributed by atoms with Gasteiger partial charge in [0.1, 0.15) is 11.5 Å². The van der Waals surface area contributed by atoms with E-state index in [0.717, 1.165) is 39.8 Å². The van der Waals surface area contributed by atoms with E-state index in [4.69, 9.17) is 9.47 Å². The number of nitrogens with one attached hydrogen (secondary N) is 1. The summed E-state index contributed by atoms with van der Waals surface area (Å²) in [7, 11) is 3.27. The van der Waals surface area contributed by atoms with Crippen LogP contribution in [-0.4, -0.2) is 67.9 Å². The van der Waals surface area contributed by atoms with Gasteiger partial charge in [0.05, 0.1) is 26.1 Å². The number of aromatic nitrogens is 1. The molecule has 2 heterocycles. The number of carbonyl (C=O) groups excluding carboxylic acids is 2. The highest BCUT2D eigenvalue weighted by Gasteiger charge is 2.27. The topological polar surface area (TPSA) is 88.4 Å². The first-order chi connectivity index (χ1) is 17.4. The van der Waals surface area contributed by atoms with Gasteiger partial charge in [0, 0.05) is 48.8 Å². The van der Waals surface area contributed by atoms with E-state index < -0.39 is 11.8 Å². The molecule has 3 aromatic rings. The zero-order chi connectivity index (χ0) is 25.7. The van der Waals surface area contributed by atoms with E-state index in [1.807, 2.05) is 68.4 Å². The van der Waals surface area contributed by atoms with Crippen molar-refractivity contribution in [1.29, 1.82) is 0 Å². The summed E-state index contributed by atoms with van der Waals surface area (Å²) < 4.78 is 12.8. The van der Waals surface area contributed by atoms with Gasteiger partial charge in [0.15, 0.2) is 0 Å². The molecule has 0 spiro atoms. The largest absolute Gasteiger partial charge is 0.497 e. The minimum Gasteiger partial charge on any atom is -0.497 e. The lowest BCUT2D eigenvalue weighted by atomic mass is 10.2. The van der Waals surface area contributed by atoms with Crippen molar-refractivity contribution < 1.29 is 19.1 Å². The number of hydrogen-bond acceptors (Lipinski definition) is 6. The summed E-state index contributed by atoms with van der Waals surface area (Å²) in [5, 5.41) is 4.05. The van der Waals surface area contributed by atoms with Crippen molar-refractivity contribution in [2.24, 2.45) is 5.10 Å². The van der Waals surface area contributed by atoms with E-state index in [1.54, 1.807) is 25.3 Å². The van der Waals surface area contributed by atoms with Gasteiger partial charge in [-0.3, -0.25) is 9.59 Å². The average Bonchev–Trinajstić information content (AvgIpc) is 3.20. The molecule has 9 nitrogen and oxygen atoms in total. The summed E-state index contributed by atoms with van der Waals surface area (Å²) in [6.45, 7) is 6.09. The number of aryl methyl sites for hydroxylation is 1. The Labute approximate surface area is 210 Å². The summed E-state index contributed by atoms with van der Waals surface area (Å²) in [6.07, 6.45) is 1.56. The molecule has 1 aliphatic rings. The maximum atomic E-state index is 12.7. The molecule has 0 radical (unpaired) electrons. The SMILES string of the molecule is COc1ccc(-n2c(C)cc(/C=N\NC(=O)C(=O)N3CCN(c4ccccc4OC)CC3)c2C)cc1. The highest BCUT2D eigenvalue weighted by molar-refractivity contribution is 6.35. The van der Waals surface area contributed by atoms with Crippen molar-refractivity contribution in [3.8, 4) is 17.2 Å². The maximum absolute atomic E-state index is 12.7. The number of ether oxygens (including phenoxy) is 2. The quantitative estimate of drug-likeness (QED) is 0.327. The third kappa shape index (κ3) is 5.19. The molecule has 0 bridgehead atoms. The first-order valence-corrected chi connectivity index (χ1v) is 11.8. The molecular weight excluding hydrogens is 458 g/mol. The second-order valence-electron chi connectivity index (χ2n) is 8.51. The molecule has 0 saturated carbocycles. The van der Waals surface area contributed by atoms with Gasteiger partial charge < -0.3 is 23.8 Å². The standard InChI is InChI=1S/C27H31N5O4/c1-19-17-21(20(2)32(19)22-9-11-23(35-3)12-10-22)18-28-29-26(33)27(34)31-15-13-30(14-16-31)24-7-5-6-8-25(24)36-4/h5-12,17-18H,13-16H2,1-4H3,(H,29,33)/b28-18-. The maximum Gasteiger partial charge on any atom is 0.329 e. The molecule has 188 valence electrons. The summed E-state index contributed by atoms with van der Waals surface area (Å²) >= 11 is 0. The summed E-state index contributed by atoms with van der Waals surface area (Å²) in [5.41, 5.74) is 7.20. The Morgan fingerprint density at radius 1 is 0.944 bits per heavy atom. The van der Waals surface area contributed by atoms with E-state index in [9.17, 15) is 9.59 Å². The molecule has 2 amide bonds. The van der Waals surface area contributed by atoms with E-state index in [1.165, 1.54) is 0 Å². The molecular formula is C27H31N5O4. The Morgan fingerprint density at radius 3 is 2.31 bits per heavy atom. The van der Waals surface area contributed by atoms with Crippen molar-refractivity contribution in [3.05, 3.63) is 71.5 Å². The molecule has 0 atom stereocenters. The first-order valence-electron chi connectivity index (χ1n) is 11.8. The van der Waals surface area contributed by atoms with Gasteiger partial charge in [-0.15, -0.1) is 0 Å². The number of hydrazone groups is 1. The molecule has 9 heteroatoms. The Morgan fingerprint density at radius 2 is 1.64 bits per heavy atom. The van der Waals surface area contributed by atoms with Crippen molar-refractivity contribution >= 4 is 23.7 Å². The van der Waals surface area contributed by atoms with E-state index in [2.05, 4.69) is 20.0 Å². The second-order valence-corrected chi connectivity index (χ2v) is 8.51. The van der Waals surface area contributed by atoms with Gasteiger partial charge in [-0.05, 0) is 56.3 Å². The monoisotopic (exact) mass is 489 g/mol. The average molecular weight is 490 g/mol. The molecule has 1 fully saturated rings. The number of hydrogen-bond donors (Lipinski definition) is 1. The Bertz CT molecular complexity index is 1260. The molecule has 1 saturated heterocycles. The normalized spacial score (nSPS) is 13.7. The van der Waals surface area contributed by atoms with Gasteiger partial charge in [-0.1, -0.05) is 12.1 Å². The van der Waals surface area contributed by atoms with Gasteiger partial charge in [0.25, 0.3) is 0 Å². The van der Waals surface area contributed by atoms with Crippen LogP contribution in [0.2, 0.25) is 0 Å². The fourth-order valence-corrected chi connectivity index (χ4v) is 4.44. The molecule has 4 rings (SSSR count). The minimum absolute atomic E-state index is 0.441. The number of benzene rings is 2. The Kier molecular flexibility index (Phi) is 7.58. The number of nitrogens with zero attached hydrogens (tertiary/aromatic N) is 4. The molecule has 0 aliphatic carbocycles. The lowest BCUT2D eigenvalue weighted by molar-refractivity contribution is -0.146. The van der Waals surface area contributed by atoms with Gasteiger partial charge in [0.2, 0.25) is 0 Å². The predicted octanol–water partition coefficient (Wildman–Crippen LogP) is 2.91. The molecule has 1 aliphatic heterocycles. The van der Waals surface area contributed by atoms with Crippen LogP contribution in [0.3, 0.4) is 0 Å². The van der Waals surface area contributed by atoms with E-state index in [0.29, 0.717) is 26.2 Å². The lowest BCUT2D eigenvalue weighted by Crippen LogP contribution is -2.52. The van der Waals surface area contributed by atoms with E-state index in [-0.39, 0.29) is 0 Å². The van der Waals surface area contributed by atoms with Crippen molar-refractivity contribution in [2.45, 2.75) is 13.8 Å². The minimum atomic E-state index is -0.749. The number of amides is 2. The van der Waals surface area contributed by atoms with Crippen LogP contribution in [0.4, 0.5) is 5.69 Å². The zero-order valence-corrected chi connectivity index (χ0v) is 21.0. The smallest absolute Gasteiger partial charge is 0.329 e. The van der Waals surface area contributed by atoms with E-state index >= 15 is 0 Å². The summed E-state index contributed by atoms with van der Waals surface area (Å²) in [6, 6.07) is 17.5. The van der Waals surface area contributed by atoms with Crippen LogP contribution in [-0.2, 0) is 9.59 Å². The molecule has 1 aromatic heterocycles. The Balaban J connectivity index is 1.34. The molecule has 1 N–H and O–H groups in total. The van der Waals surface area contributed by atoms with Crippen LogP contribution in [0.1, 0.15) is 17.0 Å². The number of piperazine rings is 1. The fourth-order valence-electron chi connectivity index (χ4n) is 4.44. The highest BCUT2D eigenvalue weighted by Crippen LogP contribution is 2.28. The van der Waals surface area contributed by atoms with Crippen molar-refractivity contribution in [2.75, 3.05) is 45.3 Å². The summed E-state index contributed by atoms with van der Waals surface area (Å²) in [5.74, 6) is 0.240. The first kappa shape index (κ1) is 24.8. The number of carbonyl (C=O) groups is 2. The predicted molar refractivity (Wildman–Crippen MR) is 139 cm³/mol. The van der Waals surface area contributed by atoms with Gasteiger partial charge in [-0.25, -0.2) is 5.43 Å². The number of rotatable bonds is 6. The van der Waals surface area contributed by atoms with Crippen molar-refractivity contribution in [3.63, 3.8) is 0 Å². The van der Waals surface area contributed by atoms with Crippen molar-refractivity contribution in [1.82, 2.24) is 14.9 Å². The number of anilines is 1. The van der Waals surface area contributed by atoms with Crippen LogP contribution in [0.25, 0.3) is 5.69 Å². The third-order valence-electron chi connectivity index (χ3n) is 6.36. The van der Waals surface area contributed by atoms with Crippen LogP contribution >= 0.6 is 0 Å². The number of methoxy groups -OCH3 is 2. The van der Waals surface area contributed by atoms with Crippen LogP contribution in [0.5, 0.6) is 11.5 Å².